The number of rotatable bonds is 5. The second-order valence-corrected chi connectivity index (χ2v) is 4.45. The van der Waals surface area contributed by atoms with E-state index in [-0.39, 0.29) is 12.4 Å². The Labute approximate surface area is 107 Å². The molecule has 0 bridgehead atoms. The summed E-state index contributed by atoms with van der Waals surface area (Å²) in [7, 11) is 0. The summed E-state index contributed by atoms with van der Waals surface area (Å²) in [5.41, 5.74) is 4.63. The number of carbonyl (C=O) groups is 2. The molecule has 0 heterocycles. The number of hydrogen-bond acceptors (Lipinski definition) is 3. The summed E-state index contributed by atoms with van der Waals surface area (Å²) in [6.07, 6.45) is 0. The SMILES string of the molecule is Cc1cc(C)c(C)c(C(=O)COCC(=O)O)c1C. The van der Waals surface area contributed by atoms with Gasteiger partial charge in [-0.1, -0.05) is 6.07 Å². The predicted molar refractivity (Wildman–Crippen MR) is 68.2 cm³/mol. The maximum Gasteiger partial charge on any atom is 0.329 e. The average Bonchev–Trinajstić information content (AvgIpc) is 2.26. The van der Waals surface area contributed by atoms with Crippen LogP contribution in [0.1, 0.15) is 32.6 Å². The van der Waals surface area contributed by atoms with E-state index in [1.807, 2.05) is 33.8 Å². The molecule has 1 N–H and O–H groups in total. The smallest absolute Gasteiger partial charge is 0.329 e. The molecule has 0 fully saturated rings. The van der Waals surface area contributed by atoms with Gasteiger partial charge in [0.2, 0.25) is 0 Å². The summed E-state index contributed by atoms with van der Waals surface area (Å²) in [6.45, 7) is 7.05. The van der Waals surface area contributed by atoms with Crippen molar-refractivity contribution in [3.8, 4) is 0 Å². The number of benzene rings is 1. The monoisotopic (exact) mass is 250 g/mol. The van der Waals surface area contributed by atoms with Gasteiger partial charge >= 0.3 is 5.97 Å². The first-order chi connectivity index (χ1) is 8.34. The van der Waals surface area contributed by atoms with E-state index >= 15 is 0 Å². The lowest BCUT2D eigenvalue weighted by atomic mass is 9.92. The molecule has 0 spiro atoms. The van der Waals surface area contributed by atoms with Crippen LogP contribution in [0.25, 0.3) is 0 Å². The maximum absolute atomic E-state index is 12.1. The Hall–Kier alpha value is -1.68. The van der Waals surface area contributed by atoms with E-state index < -0.39 is 12.6 Å². The molecule has 4 heteroatoms. The highest BCUT2D eigenvalue weighted by molar-refractivity contribution is 6.00. The number of carboxylic acid groups (broad SMARTS) is 1. The van der Waals surface area contributed by atoms with Gasteiger partial charge < -0.3 is 9.84 Å². The normalized spacial score (nSPS) is 10.4. The van der Waals surface area contributed by atoms with Crippen molar-refractivity contribution >= 4 is 11.8 Å². The molecule has 98 valence electrons. The standard InChI is InChI=1S/C14H18O4/c1-8-5-9(2)11(4)14(10(8)3)12(15)6-18-7-13(16)17/h5H,6-7H2,1-4H3,(H,16,17). The Balaban J connectivity index is 2.95. The number of ketones is 1. The molecule has 0 aromatic heterocycles. The Morgan fingerprint density at radius 3 is 2.00 bits per heavy atom. The minimum absolute atomic E-state index is 0.168. The molecule has 4 nitrogen and oxygen atoms in total. The third-order valence-electron chi connectivity index (χ3n) is 3.10. The van der Waals surface area contributed by atoms with Gasteiger partial charge in [-0.15, -0.1) is 0 Å². The molecule has 0 saturated carbocycles. The summed E-state index contributed by atoms with van der Waals surface area (Å²) in [5.74, 6) is -1.24. The highest BCUT2D eigenvalue weighted by atomic mass is 16.5. The van der Waals surface area contributed by atoms with E-state index in [0.29, 0.717) is 5.56 Å². The number of aryl methyl sites for hydroxylation is 2. The van der Waals surface area contributed by atoms with E-state index in [0.717, 1.165) is 22.3 Å². The van der Waals surface area contributed by atoms with Crippen molar-refractivity contribution in [2.24, 2.45) is 0 Å². The summed E-state index contributed by atoms with van der Waals surface area (Å²) in [4.78, 5) is 22.4. The minimum atomic E-state index is -1.07. The van der Waals surface area contributed by atoms with Crippen LogP contribution in [-0.4, -0.2) is 30.1 Å². The van der Waals surface area contributed by atoms with Crippen LogP contribution >= 0.6 is 0 Å². The summed E-state index contributed by atoms with van der Waals surface area (Å²) in [5, 5.41) is 8.46. The first-order valence-electron chi connectivity index (χ1n) is 5.74. The van der Waals surface area contributed by atoms with Gasteiger partial charge in [-0.05, 0) is 49.9 Å². The molecule has 0 aliphatic carbocycles. The maximum atomic E-state index is 12.1. The van der Waals surface area contributed by atoms with E-state index in [4.69, 9.17) is 9.84 Å². The number of aliphatic carboxylic acids is 1. The van der Waals surface area contributed by atoms with Gasteiger partial charge in [0.05, 0.1) is 0 Å². The highest BCUT2D eigenvalue weighted by Crippen LogP contribution is 2.22. The predicted octanol–water partition coefficient (Wildman–Crippen LogP) is 2.20. The largest absolute Gasteiger partial charge is 0.480 e. The molecule has 0 atom stereocenters. The van der Waals surface area contributed by atoms with Crippen LogP contribution in [0, 0.1) is 27.7 Å². The fourth-order valence-corrected chi connectivity index (χ4v) is 1.94. The van der Waals surface area contributed by atoms with E-state index in [9.17, 15) is 9.59 Å². The van der Waals surface area contributed by atoms with E-state index in [1.54, 1.807) is 0 Å². The van der Waals surface area contributed by atoms with Crippen molar-refractivity contribution in [2.75, 3.05) is 13.2 Å². The van der Waals surface area contributed by atoms with Gasteiger partial charge in [-0.2, -0.15) is 0 Å². The molecule has 1 rings (SSSR count). The average molecular weight is 250 g/mol. The van der Waals surface area contributed by atoms with Crippen LogP contribution in [0.4, 0.5) is 0 Å². The fourth-order valence-electron chi connectivity index (χ4n) is 1.94. The molecule has 0 saturated heterocycles. The molecule has 0 amide bonds. The van der Waals surface area contributed by atoms with Crippen molar-refractivity contribution in [3.05, 3.63) is 33.9 Å². The molecule has 0 aliphatic heterocycles. The van der Waals surface area contributed by atoms with Gasteiger partial charge in [0.1, 0.15) is 13.2 Å². The van der Waals surface area contributed by atoms with E-state index in [2.05, 4.69) is 0 Å². The fraction of sp³-hybridized carbons (Fsp3) is 0.429. The molecule has 1 aromatic rings. The first-order valence-corrected chi connectivity index (χ1v) is 5.74. The summed E-state index contributed by atoms with van der Waals surface area (Å²) in [6, 6.07) is 2.04. The summed E-state index contributed by atoms with van der Waals surface area (Å²) < 4.78 is 4.85. The third kappa shape index (κ3) is 3.17. The van der Waals surface area contributed by atoms with Crippen molar-refractivity contribution in [1.82, 2.24) is 0 Å². The zero-order chi connectivity index (χ0) is 13.9. The molecule has 1 aromatic carbocycles. The highest BCUT2D eigenvalue weighted by Gasteiger charge is 2.16. The molecule has 0 aliphatic rings. The third-order valence-corrected chi connectivity index (χ3v) is 3.10. The van der Waals surface area contributed by atoms with Crippen LogP contribution in [0.2, 0.25) is 0 Å². The van der Waals surface area contributed by atoms with Gasteiger partial charge in [-0.25, -0.2) is 4.79 Å². The molecular weight excluding hydrogens is 232 g/mol. The van der Waals surface area contributed by atoms with E-state index in [1.165, 1.54) is 0 Å². The summed E-state index contributed by atoms with van der Waals surface area (Å²) >= 11 is 0. The quantitative estimate of drug-likeness (QED) is 0.814. The molecule has 0 radical (unpaired) electrons. The van der Waals surface area contributed by atoms with Crippen molar-refractivity contribution in [2.45, 2.75) is 27.7 Å². The van der Waals surface area contributed by atoms with Crippen LogP contribution in [0.15, 0.2) is 6.07 Å². The Kier molecular flexibility index (Phi) is 4.62. The van der Waals surface area contributed by atoms with Gasteiger partial charge in [0.15, 0.2) is 5.78 Å². The van der Waals surface area contributed by atoms with Crippen LogP contribution in [0.5, 0.6) is 0 Å². The van der Waals surface area contributed by atoms with Crippen LogP contribution < -0.4 is 0 Å². The van der Waals surface area contributed by atoms with Crippen molar-refractivity contribution in [3.63, 3.8) is 0 Å². The van der Waals surface area contributed by atoms with Crippen molar-refractivity contribution in [1.29, 1.82) is 0 Å². The van der Waals surface area contributed by atoms with Crippen molar-refractivity contribution < 1.29 is 19.4 Å². The van der Waals surface area contributed by atoms with Crippen LogP contribution in [0.3, 0.4) is 0 Å². The first kappa shape index (κ1) is 14.4. The molecule has 18 heavy (non-hydrogen) atoms. The second kappa shape index (κ2) is 5.78. The minimum Gasteiger partial charge on any atom is -0.480 e. The zero-order valence-corrected chi connectivity index (χ0v) is 11.2. The topological polar surface area (TPSA) is 63.6 Å². The Bertz CT molecular complexity index is 463. The molecular formula is C14H18O4. The lowest BCUT2D eigenvalue weighted by Crippen LogP contribution is -2.17. The van der Waals surface area contributed by atoms with Crippen LogP contribution in [-0.2, 0) is 9.53 Å². The molecule has 0 unspecified atom stereocenters. The number of Topliss-reactive ketones (excluding diaryl/α,β-unsaturated/α-hetero) is 1. The Morgan fingerprint density at radius 1 is 1.06 bits per heavy atom. The number of carboxylic acids is 1. The second-order valence-electron chi connectivity index (χ2n) is 4.45. The lowest BCUT2D eigenvalue weighted by molar-refractivity contribution is -0.141. The number of carbonyl (C=O) groups excluding carboxylic acids is 1. The van der Waals surface area contributed by atoms with Gasteiger partial charge in [0.25, 0.3) is 0 Å². The lowest BCUT2D eigenvalue weighted by Gasteiger charge is -2.14. The van der Waals surface area contributed by atoms with Gasteiger partial charge in [0, 0.05) is 5.56 Å². The Morgan fingerprint density at radius 2 is 1.56 bits per heavy atom. The number of ether oxygens (including phenoxy) is 1. The zero-order valence-electron chi connectivity index (χ0n) is 11.2. The number of hydrogen-bond donors (Lipinski definition) is 1. The van der Waals surface area contributed by atoms with Gasteiger partial charge in [-0.3, -0.25) is 4.79 Å².